The maximum Gasteiger partial charge on any atom is 0.244 e. The van der Waals surface area contributed by atoms with Crippen LogP contribution >= 0.6 is 0 Å². The van der Waals surface area contributed by atoms with Crippen LogP contribution in [0.5, 0.6) is 5.75 Å². The van der Waals surface area contributed by atoms with E-state index in [0.29, 0.717) is 48.6 Å². The molecule has 0 unspecified atom stereocenters. The van der Waals surface area contributed by atoms with E-state index in [0.717, 1.165) is 6.20 Å². The highest BCUT2D eigenvalue weighted by molar-refractivity contribution is 5.97. The Morgan fingerprint density at radius 3 is 2.69 bits per heavy atom. The molecular weight excluding hydrogens is 471 g/mol. The number of ether oxygens (including phenoxy) is 1. The van der Waals surface area contributed by atoms with Gasteiger partial charge in [0.2, 0.25) is 11.9 Å². The molecular formula is C26H24F3N5O2. The van der Waals surface area contributed by atoms with Gasteiger partial charge in [0.15, 0.2) is 17.4 Å². The molecule has 0 fully saturated rings. The molecule has 186 valence electrons. The maximum absolute atomic E-state index is 14.9. The summed E-state index contributed by atoms with van der Waals surface area (Å²) < 4.78 is 50.0. The fraction of sp³-hybridized carbons (Fsp3) is 0.269. The van der Waals surface area contributed by atoms with Crippen molar-refractivity contribution in [3.63, 3.8) is 0 Å². The molecule has 2 N–H and O–H groups in total. The molecule has 7 nitrogen and oxygen atoms in total. The van der Waals surface area contributed by atoms with Crippen LogP contribution in [-0.4, -0.2) is 41.6 Å². The summed E-state index contributed by atoms with van der Waals surface area (Å²) in [4.78, 5) is 21.8. The van der Waals surface area contributed by atoms with Crippen molar-refractivity contribution in [3.8, 4) is 17.0 Å². The fourth-order valence-corrected chi connectivity index (χ4v) is 4.40. The Hall–Kier alpha value is -4.08. The van der Waals surface area contributed by atoms with Crippen molar-refractivity contribution in [2.45, 2.75) is 26.3 Å². The lowest BCUT2D eigenvalue weighted by molar-refractivity contribution is -0.116. The highest BCUT2D eigenvalue weighted by Crippen LogP contribution is 2.39. The number of amides is 1. The molecule has 0 bridgehead atoms. The van der Waals surface area contributed by atoms with Gasteiger partial charge in [0.1, 0.15) is 18.1 Å². The van der Waals surface area contributed by atoms with Gasteiger partial charge in [-0.3, -0.25) is 4.79 Å². The SMILES string of the molecule is CC(C)N1CCOc2c(F)cc(-c3nc(Nc4ccc(C5=CC(=O)NCC5)c(F)c4)ncc3F)cc21. The van der Waals surface area contributed by atoms with E-state index in [4.69, 9.17) is 4.74 Å². The van der Waals surface area contributed by atoms with Gasteiger partial charge in [-0.05, 0) is 56.2 Å². The first-order valence-electron chi connectivity index (χ1n) is 11.6. The minimum atomic E-state index is -0.725. The Kier molecular flexibility index (Phi) is 6.26. The molecule has 0 saturated heterocycles. The number of nitrogens with one attached hydrogen (secondary N) is 2. The monoisotopic (exact) mass is 495 g/mol. The van der Waals surface area contributed by atoms with Crippen LogP contribution < -0.4 is 20.3 Å². The molecule has 0 saturated carbocycles. The summed E-state index contributed by atoms with van der Waals surface area (Å²) in [6, 6.07) is 7.35. The fourth-order valence-electron chi connectivity index (χ4n) is 4.40. The van der Waals surface area contributed by atoms with Gasteiger partial charge in [-0.1, -0.05) is 0 Å². The van der Waals surface area contributed by atoms with E-state index in [1.807, 2.05) is 18.7 Å². The minimum Gasteiger partial charge on any atom is -0.486 e. The number of carbonyl (C=O) groups is 1. The average Bonchev–Trinajstić information content (AvgIpc) is 2.85. The first-order chi connectivity index (χ1) is 17.3. The Morgan fingerprint density at radius 1 is 1.11 bits per heavy atom. The zero-order valence-corrected chi connectivity index (χ0v) is 19.7. The Bertz CT molecular complexity index is 1380. The summed E-state index contributed by atoms with van der Waals surface area (Å²) in [7, 11) is 0. The van der Waals surface area contributed by atoms with Crippen molar-refractivity contribution in [1.29, 1.82) is 0 Å². The van der Waals surface area contributed by atoms with Gasteiger partial charge < -0.3 is 20.3 Å². The van der Waals surface area contributed by atoms with Crippen molar-refractivity contribution in [3.05, 3.63) is 65.6 Å². The number of fused-ring (bicyclic) bond motifs is 1. The van der Waals surface area contributed by atoms with E-state index in [9.17, 15) is 18.0 Å². The van der Waals surface area contributed by atoms with Gasteiger partial charge in [-0.2, -0.15) is 0 Å². The second-order valence-corrected chi connectivity index (χ2v) is 8.86. The van der Waals surface area contributed by atoms with Gasteiger partial charge >= 0.3 is 0 Å². The predicted octanol–water partition coefficient (Wildman–Crippen LogP) is 4.82. The maximum atomic E-state index is 14.9. The summed E-state index contributed by atoms with van der Waals surface area (Å²) in [5.41, 5.74) is 1.94. The Balaban J connectivity index is 1.45. The summed E-state index contributed by atoms with van der Waals surface area (Å²) in [5, 5.41) is 5.53. The Morgan fingerprint density at radius 2 is 1.94 bits per heavy atom. The second kappa shape index (κ2) is 9.52. The first kappa shape index (κ1) is 23.7. The van der Waals surface area contributed by atoms with Gasteiger partial charge in [-0.15, -0.1) is 0 Å². The molecule has 0 radical (unpaired) electrons. The summed E-state index contributed by atoms with van der Waals surface area (Å²) in [6.45, 7) is 5.35. The van der Waals surface area contributed by atoms with Crippen LogP contribution in [0.3, 0.4) is 0 Å². The van der Waals surface area contributed by atoms with Crippen LogP contribution in [0.15, 0.2) is 42.6 Å². The lowest BCUT2D eigenvalue weighted by atomic mass is 9.99. The van der Waals surface area contributed by atoms with E-state index in [1.165, 1.54) is 18.2 Å². The number of aromatic nitrogens is 2. The van der Waals surface area contributed by atoms with Crippen LogP contribution in [0.2, 0.25) is 0 Å². The number of rotatable bonds is 5. The van der Waals surface area contributed by atoms with Gasteiger partial charge in [-0.25, -0.2) is 23.1 Å². The van der Waals surface area contributed by atoms with Crippen molar-refractivity contribution >= 4 is 28.8 Å². The highest BCUT2D eigenvalue weighted by Gasteiger charge is 2.26. The van der Waals surface area contributed by atoms with E-state index in [2.05, 4.69) is 20.6 Å². The van der Waals surface area contributed by atoms with Crippen molar-refractivity contribution in [2.75, 3.05) is 29.9 Å². The third-order valence-electron chi connectivity index (χ3n) is 6.12. The minimum absolute atomic E-state index is 0.0184. The average molecular weight is 496 g/mol. The molecule has 0 spiro atoms. The number of benzene rings is 2. The quantitative estimate of drug-likeness (QED) is 0.529. The number of nitrogens with zero attached hydrogens (tertiary/aromatic N) is 3. The van der Waals surface area contributed by atoms with Crippen molar-refractivity contribution in [1.82, 2.24) is 15.3 Å². The predicted molar refractivity (Wildman–Crippen MR) is 131 cm³/mol. The van der Waals surface area contributed by atoms with Crippen LogP contribution in [0.25, 0.3) is 16.8 Å². The highest BCUT2D eigenvalue weighted by atomic mass is 19.1. The Labute approximate surface area is 206 Å². The smallest absolute Gasteiger partial charge is 0.244 e. The van der Waals surface area contributed by atoms with E-state index < -0.39 is 17.5 Å². The van der Waals surface area contributed by atoms with Crippen LogP contribution in [0.4, 0.5) is 30.5 Å². The molecule has 3 heterocycles. The lowest BCUT2D eigenvalue weighted by Gasteiger charge is -2.34. The first-order valence-corrected chi connectivity index (χ1v) is 11.6. The molecule has 10 heteroatoms. The zero-order valence-electron chi connectivity index (χ0n) is 19.7. The van der Waals surface area contributed by atoms with E-state index in [-0.39, 0.29) is 34.9 Å². The zero-order chi connectivity index (χ0) is 25.4. The molecule has 2 aliphatic heterocycles. The van der Waals surface area contributed by atoms with E-state index >= 15 is 0 Å². The molecule has 1 amide bonds. The third kappa shape index (κ3) is 4.58. The van der Waals surface area contributed by atoms with Gasteiger partial charge in [0, 0.05) is 35.5 Å². The number of hydrogen-bond acceptors (Lipinski definition) is 6. The standard InChI is InChI=1S/C26H24F3N5O2/c1-14(2)34-7-8-36-25-20(28)9-16(10-22(25)34)24-21(29)13-31-26(33-24)32-17-3-4-18(19(27)12-17)15-5-6-30-23(35)11-15/h3-4,9-14H,5-8H2,1-2H3,(H,30,35)(H,31,32,33). The summed E-state index contributed by atoms with van der Waals surface area (Å²) >= 11 is 0. The van der Waals surface area contributed by atoms with Gasteiger partial charge in [0.25, 0.3) is 0 Å². The number of anilines is 3. The summed E-state index contributed by atoms with van der Waals surface area (Å²) in [6.07, 6.45) is 2.89. The number of carbonyl (C=O) groups excluding carboxylic acids is 1. The molecule has 36 heavy (non-hydrogen) atoms. The molecule has 2 aliphatic rings. The van der Waals surface area contributed by atoms with Crippen LogP contribution in [0.1, 0.15) is 25.8 Å². The van der Waals surface area contributed by atoms with Crippen LogP contribution in [-0.2, 0) is 4.79 Å². The largest absolute Gasteiger partial charge is 0.486 e. The molecule has 0 aliphatic carbocycles. The number of hydrogen-bond donors (Lipinski definition) is 2. The molecule has 2 aromatic carbocycles. The summed E-state index contributed by atoms with van der Waals surface area (Å²) in [5.74, 6) is -1.96. The van der Waals surface area contributed by atoms with Crippen LogP contribution in [0, 0.1) is 17.5 Å². The second-order valence-electron chi connectivity index (χ2n) is 8.86. The van der Waals surface area contributed by atoms with E-state index in [1.54, 1.807) is 18.2 Å². The lowest BCUT2D eigenvalue weighted by Crippen LogP contribution is -2.38. The normalized spacial score (nSPS) is 15.2. The van der Waals surface area contributed by atoms with Crippen molar-refractivity contribution in [2.24, 2.45) is 0 Å². The number of halogens is 3. The van der Waals surface area contributed by atoms with Crippen molar-refractivity contribution < 1.29 is 22.7 Å². The molecule has 0 atom stereocenters. The molecule has 3 aromatic rings. The third-order valence-corrected chi connectivity index (χ3v) is 6.12. The topological polar surface area (TPSA) is 79.4 Å². The molecule has 1 aromatic heterocycles. The molecule has 5 rings (SSSR count). The van der Waals surface area contributed by atoms with Gasteiger partial charge in [0.05, 0.1) is 18.4 Å².